The summed E-state index contributed by atoms with van der Waals surface area (Å²) in [4.78, 5) is 16.5. The second-order valence-electron chi connectivity index (χ2n) is 5.92. The van der Waals surface area contributed by atoms with Gasteiger partial charge in [-0.3, -0.25) is 4.79 Å². The minimum Gasteiger partial charge on any atom is -0.345 e. The van der Waals surface area contributed by atoms with E-state index in [1.54, 1.807) is 24.3 Å². The summed E-state index contributed by atoms with van der Waals surface area (Å²) >= 11 is 5.94. The second-order valence-corrected chi connectivity index (χ2v) is 7.37. The molecule has 1 aliphatic heterocycles. The fourth-order valence-corrected chi connectivity index (χ4v) is 3.44. The number of thioether (sulfide) groups is 1. The lowest BCUT2D eigenvalue weighted by atomic mass is 10.2. The maximum Gasteiger partial charge on any atom is 0.288 e. The average Bonchev–Trinajstić information content (AvgIpc) is 3.40. The first-order valence-corrected chi connectivity index (χ1v) is 9.21. The lowest BCUT2D eigenvalue weighted by Gasteiger charge is -2.36. The molecule has 1 saturated carbocycles. The Morgan fingerprint density at radius 3 is 2.25 bits per heavy atom. The zero-order valence-corrected chi connectivity index (χ0v) is 14.7. The number of hydrogen-bond donors (Lipinski definition) is 1. The van der Waals surface area contributed by atoms with Crippen LogP contribution in [0.5, 0.6) is 0 Å². The third-order valence-electron chi connectivity index (χ3n) is 4.14. The SMILES string of the molecule is O=C(C1CC1)N1CCN(C(=S)Nc2ccc(SC(F)F)cc2)CC1. The van der Waals surface area contributed by atoms with Crippen LogP contribution in [-0.4, -0.2) is 52.8 Å². The Labute approximate surface area is 149 Å². The molecule has 1 amide bonds. The number of halogens is 2. The van der Waals surface area contributed by atoms with Gasteiger partial charge in [0, 0.05) is 42.7 Å². The van der Waals surface area contributed by atoms with Crippen LogP contribution in [0, 0.1) is 5.92 Å². The van der Waals surface area contributed by atoms with Crippen LogP contribution in [0.3, 0.4) is 0 Å². The van der Waals surface area contributed by atoms with Gasteiger partial charge in [-0.2, -0.15) is 8.78 Å². The first kappa shape index (κ1) is 17.4. The Hall–Kier alpha value is -1.41. The normalized spacial score (nSPS) is 18.0. The summed E-state index contributed by atoms with van der Waals surface area (Å²) in [7, 11) is 0. The Morgan fingerprint density at radius 2 is 1.71 bits per heavy atom. The van der Waals surface area contributed by atoms with E-state index in [2.05, 4.69) is 5.32 Å². The molecule has 24 heavy (non-hydrogen) atoms. The fourth-order valence-electron chi connectivity index (χ4n) is 2.64. The van der Waals surface area contributed by atoms with Gasteiger partial charge < -0.3 is 15.1 Å². The van der Waals surface area contributed by atoms with Gasteiger partial charge in [0.15, 0.2) is 5.11 Å². The molecule has 1 aromatic rings. The molecule has 0 spiro atoms. The van der Waals surface area contributed by atoms with Gasteiger partial charge in [0.1, 0.15) is 0 Å². The highest BCUT2D eigenvalue weighted by Crippen LogP contribution is 2.31. The maximum atomic E-state index is 12.3. The standard InChI is InChI=1S/C16H19F2N3OS2/c17-15(18)24-13-5-3-12(4-6-13)19-16(23)21-9-7-20(8-10-21)14(22)11-1-2-11/h3-6,11,15H,1-2,7-10H2,(H,19,23). The highest BCUT2D eigenvalue weighted by atomic mass is 32.2. The Balaban J connectivity index is 1.47. The van der Waals surface area contributed by atoms with Gasteiger partial charge in [-0.15, -0.1) is 0 Å². The number of amides is 1. The number of nitrogens with one attached hydrogen (secondary N) is 1. The van der Waals surface area contributed by atoms with E-state index < -0.39 is 5.76 Å². The molecule has 0 bridgehead atoms. The number of rotatable bonds is 4. The quantitative estimate of drug-likeness (QED) is 0.649. The maximum absolute atomic E-state index is 12.3. The molecule has 0 aromatic heterocycles. The van der Waals surface area contributed by atoms with Gasteiger partial charge in [0.05, 0.1) is 0 Å². The minimum atomic E-state index is -2.42. The number of piperazine rings is 1. The van der Waals surface area contributed by atoms with Crippen LogP contribution in [0.15, 0.2) is 29.2 Å². The van der Waals surface area contributed by atoms with E-state index in [1.807, 2.05) is 9.80 Å². The predicted molar refractivity (Wildman–Crippen MR) is 95.4 cm³/mol. The van der Waals surface area contributed by atoms with Crippen molar-refractivity contribution >= 4 is 40.7 Å². The Kier molecular flexibility index (Phi) is 5.55. The van der Waals surface area contributed by atoms with Gasteiger partial charge in [-0.25, -0.2) is 0 Å². The van der Waals surface area contributed by atoms with Crippen molar-refractivity contribution in [3.8, 4) is 0 Å². The van der Waals surface area contributed by atoms with Crippen LogP contribution in [0.25, 0.3) is 0 Å². The van der Waals surface area contributed by atoms with E-state index in [4.69, 9.17) is 12.2 Å². The summed E-state index contributed by atoms with van der Waals surface area (Å²) in [6.07, 6.45) is 2.05. The van der Waals surface area contributed by atoms with Crippen molar-refractivity contribution < 1.29 is 13.6 Å². The minimum absolute atomic E-state index is 0.256. The van der Waals surface area contributed by atoms with Crippen molar-refractivity contribution in [1.29, 1.82) is 0 Å². The van der Waals surface area contributed by atoms with Crippen LogP contribution < -0.4 is 5.32 Å². The largest absolute Gasteiger partial charge is 0.345 e. The second kappa shape index (κ2) is 7.65. The topological polar surface area (TPSA) is 35.6 Å². The van der Waals surface area contributed by atoms with Crippen LogP contribution in [0.1, 0.15) is 12.8 Å². The molecule has 2 fully saturated rings. The van der Waals surface area contributed by atoms with Crippen LogP contribution in [0.4, 0.5) is 14.5 Å². The number of benzene rings is 1. The van der Waals surface area contributed by atoms with E-state index in [1.165, 1.54) is 0 Å². The summed E-state index contributed by atoms with van der Waals surface area (Å²) < 4.78 is 24.6. The molecule has 1 heterocycles. The predicted octanol–water partition coefficient (Wildman–Crippen LogP) is 3.25. The number of carbonyl (C=O) groups excluding carboxylic acids is 1. The van der Waals surface area contributed by atoms with Crippen molar-refractivity contribution in [1.82, 2.24) is 9.80 Å². The average molecular weight is 371 g/mol. The van der Waals surface area contributed by atoms with Gasteiger partial charge in [0.25, 0.3) is 5.76 Å². The highest BCUT2D eigenvalue weighted by Gasteiger charge is 2.34. The summed E-state index contributed by atoms with van der Waals surface area (Å²) in [5.41, 5.74) is 0.773. The summed E-state index contributed by atoms with van der Waals surface area (Å²) in [5, 5.41) is 3.73. The molecule has 1 saturated heterocycles. The van der Waals surface area contributed by atoms with Gasteiger partial charge in [-0.05, 0) is 49.3 Å². The van der Waals surface area contributed by atoms with Crippen molar-refractivity contribution in [3.05, 3.63) is 24.3 Å². The lowest BCUT2D eigenvalue weighted by molar-refractivity contribution is -0.133. The van der Waals surface area contributed by atoms with E-state index in [9.17, 15) is 13.6 Å². The number of carbonyl (C=O) groups is 1. The summed E-state index contributed by atoms with van der Waals surface area (Å²) in [6, 6.07) is 6.77. The van der Waals surface area contributed by atoms with Crippen LogP contribution in [-0.2, 0) is 4.79 Å². The molecular formula is C16H19F2N3OS2. The van der Waals surface area contributed by atoms with Gasteiger partial charge in [-0.1, -0.05) is 11.8 Å². The number of anilines is 1. The van der Waals surface area contributed by atoms with Crippen LogP contribution >= 0.6 is 24.0 Å². The Morgan fingerprint density at radius 1 is 1.12 bits per heavy atom. The third-order valence-corrected chi connectivity index (χ3v) is 5.22. The molecule has 1 aromatic carbocycles. The monoisotopic (exact) mass is 371 g/mol. The van der Waals surface area contributed by atoms with Crippen molar-refractivity contribution in [3.63, 3.8) is 0 Å². The molecule has 130 valence electrons. The third kappa shape index (κ3) is 4.57. The van der Waals surface area contributed by atoms with Gasteiger partial charge in [0.2, 0.25) is 5.91 Å². The first-order valence-electron chi connectivity index (χ1n) is 7.92. The van der Waals surface area contributed by atoms with Crippen LogP contribution in [0.2, 0.25) is 0 Å². The molecule has 4 nitrogen and oxygen atoms in total. The first-order chi connectivity index (χ1) is 11.5. The van der Waals surface area contributed by atoms with Crippen molar-refractivity contribution in [2.45, 2.75) is 23.5 Å². The molecule has 1 aliphatic carbocycles. The van der Waals surface area contributed by atoms with E-state index in [-0.39, 0.29) is 11.8 Å². The number of alkyl halides is 2. The molecule has 3 rings (SSSR count). The summed E-state index contributed by atoms with van der Waals surface area (Å²) in [6.45, 7) is 2.81. The fraction of sp³-hybridized carbons (Fsp3) is 0.500. The lowest BCUT2D eigenvalue weighted by Crippen LogP contribution is -2.52. The molecule has 0 atom stereocenters. The molecule has 8 heteroatoms. The molecule has 0 radical (unpaired) electrons. The number of nitrogens with zero attached hydrogens (tertiary/aromatic N) is 2. The zero-order chi connectivity index (χ0) is 17.1. The molecule has 0 unspecified atom stereocenters. The summed E-state index contributed by atoms with van der Waals surface area (Å²) in [5.74, 6) is -1.88. The van der Waals surface area contributed by atoms with E-state index in [0.717, 1.165) is 18.5 Å². The molecule has 1 N–H and O–H groups in total. The van der Waals surface area contributed by atoms with E-state index >= 15 is 0 Å². The zero-order valence-electron chi connectivity index (χ0n) is 13.1. The van der Waals surface area contributed by atoms with Crippen molar-refractivity contribution in [2.75, 3.05) is 31.5 Å². The smallest absolute Gasteiger partial charge is 0.288 e. The number of hydrogen-bond acceptors (Lipinski definition) is 3. The number of thiocarbonyl (C=S) groups is 1. The molecular weight excluding hydrogens is 352 g/mol. The van der Waals surface area contributed by atoms with Crippen molar-refractivity contribution in [2.24, 2.45) is 5.92 Å². The van der Waals surface area contributed by atoms with E-state index in [0.29, 0.717) is 47.9 Å². The highest BCUT2D eigenvalue weighted by molar-refractivity contribution is 7.99. The molecule has 2 aliphatic rings. The Bertz CT molecular complexity index is 600. The van der Waals surface area contributed by atoms with Gasteiger partial charge >= 0.3 is 0 Å².